The molecule has 0 atom stereocenters. The van der Waals surface area contributed by atoms with Crippen LogP contribution in [-0.2, 0) is 4.79 Å². The van der Waals surface area contributed by atoms with Gasteiger partial charge in [-0.3, -0.25) is 14.9 Å². The number of amides is 1. The van der Waals surface area contributed by atoms with Gasteiger partial charge in [0.25, 0.3) is 11.6 Å². The number of nitro groups is 1. The van der Waals surface area contributed by atoms with E-state index in [1.807, 2.05) is 0 Å². The fourth-order valence-electron chi connectivity index (χ4n) is 1.55. The smallest absolute Gasteiger partial charge is 0.270 e. The SMILES string of the molecule is N#C/C(=C\c1cc([N+](=O)[O-])ccc1Cl)C(=O)NC1CC1. The van der Waals surface area contributed by atoms with E-state index >= 15 is 0 Å². The van der Waals surface area contributed by atoms with Crippen LogP contribution in [0.2, 0.25) is 5.02 Å². The van der Waals surface area contributed by atoms with Crippen molar-refractivity contribution in [3.8, 4) is 6.07 Å². The Kier molecular flexibility index (Phi) is 4.01. The second-order valence-corrected chi connectivity index (χ2v) is 4.79. The number of benzene rings is 1. The van der Waals surface area contributed by atoms with Crippen LogP contribution < -0.4 is 5.32 Å². The van der Waals surface area contributed by atoms with Gasteiger partial charge in [-0.1, -0.05) is 11.6 Å². The number of carbonyl (C=O) groups excluding carboxylic acids is 1. The first-order valence-electron chi connectivity index (χ1n) is 5.88. The number of nitro benzene ring substituents is 1. The Balaban J connectivity index is 2.31. The summed E-state index contributed by atoms with van der Waals surface area (Å²) in [5.41, 5.74) is -0.0109. The summed E-state index contributed by atoms with van der Waals surface area (Å²) in [6.07, 6.45) is 3.07. The maximum Gasteiger partial charge on any atom is 0.270 e. The van der Waals surface area contributed by atoms with Gasteiger partial charge in [-0.15, -0.1) is 0 Å². The zero-order valence-corrected chi connectivity index (χ0v) is 11.1. The highest BCUT2D eigenvalue weighted by atomic mass is 35.5. The van der Waals surface area contributed by atoms with Crippen molar-refractivity contribution in [1.82, 2.24) is 5.32 Å². The first-order valence-corrected chi connectivity index (χ1v) is 6.25. The molecule has 0 radical (unpaired) electrons. The number of non-ortho nitro benzene ring substituents is 1. The molecule has 0 saturated heterocycles. The molecule has 2 rings (SSSR count). The predicted molar refractivity (Wildman–Crippen MR) is 72.9 cm³/mol. The molecule has 1 aromatic carbocycles. The zero-order chi connectivity index (χ0) is 14.7. The molecule has 0 bridgehead atoms. The first-order chi connectivity index (χ1) is 9.51. The van der Waals surface area contributed by atoms with Crippen molar-refractivity contribution in [2.45, 2.75) is 18.9 Å². The molecule has 1 aromatic rings. The van der Waals surface area contributed by atoms with Gasteiger partial charge in [0.15, 0.2) is 0 Å². The largest absolute Gasteiger partial charge is 0.349 e. The number of rotatable bonds is 4. The van der Waals surface area contributed by atoms with E-state index in [1.165, 1.54) is 24.3 Å². The lowest BCUT2D eigenvalue weighted by Gasteiger charge is -2.03. The topological polar surface area (TPSA) is 96.0 Å². The Morgan fingerprint density at radius 2 is 2.25 bits per heavy atom. The van der Waals surface area contributed by atoms with Crippen LogP contribution >= 0.6 is 11.6 Å². The zero-order valence-electron chi connectivity index (χ0n) is 10.3. The highest BCUT2D eigenvalue weighted by molar-refractivity contribution is 6.32. The van der Waals surface area contributed by atoms with E-state index in [-0.39, 0.29) is 27.9 Å². The molecule has 0 heterocycles. The maximum atomic E-state index is 11.8. The number of nitrogens with zero attached hydrogens (tertiary/aromatic N) is 2. The minimum absolute atomic E-state index is 0.125. The molecular weight excluding hydrogens is 282 g/mol. The van der Waals surface area contributed by atoms with Crippen molar-refractivity contribution in [2.24, 2.45) is 0 Å². The molecule has 102 valence electrons. The van der Waals surface area contributed by atoms with Crippen molar-refractivity contribution in [1.29, 1.82) is 5.26 Å². The third-order valence-electron chi connectivity index (χ3n) is 2.77. The average molecular weight is 292 g/mol. The molecular formula is C13H10ClN3O3. The third-order valence-corrected chi connectivity index (χ3v) is 3.11. The Hall–Kier alpha value is -2.39. The molecule has 1 saturated carbocycles. The second-order valence-electron chi connectivity index (χ2n) is 4.38. The summed E-state index contributed by atoms with van der Waals surface area (Å²) in [5.74, 6) is -0.488. The maximum absolute atomic E-state index is 11.8. The van der Waals surface area contributed by atoms with Gasteiger partial charge >= 0.3 is 0 Å². The van der Waals surface area contributed by atoms with Gasteiger partial charge in [-0.2, -0.15) is 5.26 Å². The van der Waals surface area contributed by atoms with E-state index in [9.17, 15) is 14.9 Å². The number of hydrogen-bond donors (Lipinski definition) is 1. The predicted octanol–water partition coefficient (Wildman–Crippen LogP) is 2.43. The Morgan fingerprint density at radius 3 is 2.80 bits per heavy atom. The minimum Gasteiger partial charge on any atom is -0.349 e. The number of nitriles is 1. The molecule has 0 unspecified atom stereocenters. The van der Waals surface area contributed by atoms with Gasteiger partial charge in [0.05, 0.1) is 4.92 Å². The van der Waals surface area contributed by atoms with Gasteiger partial charge in [0.1, 0.15) is 11.6 Å². The van der Waals surface area contributed by atoms with Crippen LogP contribution in [-0.4, -0.2) is 16.9 Å². The summed E-state index contributed by atoms with van der Waals surface area (Å²) >= 11 is 5.92. The summed E-state index contributed by atoms with van der Waals surface area (Å²) in [6.45, 7) is 0. The summed E-state index contributed by atoms with van der Waals surface area (Å²) in [5, 5.41) is 22.6. The fourth-order valence-corrected chi connectivity index (χ4v) is 1.72. The van der Waals surface area contributed by atoms with Crippen LogP contribution in [0.3, 0.4) is 0 Å². The third kappa shape index (κ3) is 3.33. The molecule has 0 aromatic heterocycles. The summed E-state index contributed by atoms with van der Waals surface area (Å²) in [4.78, 5) is 21.9. The van der Waals surface area contributed by atoms with Crippen LogP contribution in [0.5, 0.6) is 0 Å². The summed E-state index contributed by atoms with van der Waals surface area (Å²) in [7, 11) is 0. The lowest BCUT2D eigenvalue weighted by Crippen LogP contribution is -2.26. The second kappa shape index (κ2) is 5.72. The van der Waals surface area contributed by atoms with Gasteiger partial charge in [-0.25, -0.2) is 0 Å². The Morgan fingerprint density at radius 1 is 1.55 bits per heavy atom. The Labute approximate surface area is 119 Å². The van der Waals surface area contributed by atoms with Gasteiger partial charge in [0.2, 0.25) is 0 Å². The molecule has 1 fully saturated rings. The molecule has 7 heteroatoms. The molecule has 1 aliphatic rings. The summed E-state index contributed by atoms with van der Waals surface area (Å²) < 4.78 is 0. The van der Waals surface area contributed by atoms with E-state index in [0.717, 1.165) is 12.8 Å². The van der Waals surface area contributed by atoms with Gasteiger partial charge < -0.3 is 5.32 Å². The molecule has 0 aliphatic heterocycles. The lowest BCUT2D eigenvalue weighted by atomic mass is 10.1. The number of carbonyl (C=O) groups is 1. The van der Waals surface area contributed by atoms with Crippen molar-refractivity contribution in [3.63, 3.8) is 0 Å². The van der Waals surface area contributed by atoms with Crippen LogP contribution in [0, 0.1) is 21.4 Å². The van der Waals surface area contributed by atoms with Crippen LogP contribution in [0.15, 0.2) is 23.8 Å². The number of halogens is 1. The van der Waals surface area contributed by atoms with E-state index in [0.29, 0.717) is 0 Å². The number of hydrogen-bond acceptors (Lipinski definition) is 4. The van der Waals surface area contributed by atoms with E-state index in [4.69, 9.17) is 16.9 Å². The van der Waals surface area contributed by atoms with Gasteiger partial charge in [0, 0.05) is 28.8 Å². The number of nitrogens with one attached hydrogen (secondary N) is 1. The molecule has 6 nitrogen and oxygen atoms in total. The van der Waals surface area contributed by atoms with Crippen molar-refractivity contribution < 1.29 is 9.72 Å². The lowest BCUT2D eigenvalue weighted by molar-refractivity contribution is -0.384. The highest BCUT2D eigenvalue weighted by Gasteiger charge is 2.24. The van der Waals surface area contributed by atoms with Gasteiger partial charge in [-0.05, 0) is 25.0 Å². The molecule has 20 heavy (non-hydrogen) atoms. The minimum atomic E-state index is -0.565. The standard InChI is InChI=1S/C13H10ClN3O3/c14-12-4-3-11(17(19)20)6-8(12)5-9(7-15)13(18)16-10-1-2-10/h3-6,10H,1-2H2,(H,16,18)/b9-5+. The quantitative estimate of drug-likeness (QED) is 0.399. The molecule has 1 amide bonds. The fraction of sp³-hybridized carbons (Fsp3) is 0.231. The monoisotopic (exact) mass is 291 g/mol. The summed E-state index contributed by atoms with van der Waals surface area (Å²) in [6, 6.07) is 5.75. The van der Waals surface area contributed by atoms with Crippen molar-refractivity contribution in [3.05, 3.63) is 44.5 Å². The van der Waals surface area contributed by atoms with Crippen molar-refractivity contribution in [2.75, 3.05) is 0 Å². The molecule has 1 N–H and O–H groups in total. The van der Waals surface area contributed by atoms with E-state index in [1.54, 1.807) is 6.07 Å². The van der Waals surface area contributed by atoms with E-state index < -0.39 is 10.8 Å². The van der Waals surface area contributed by atoms with Crippen LogP contribution in [0.25, 0.3) is 6.08 Å². The average Bonchev–Trinajstić information content (AvgIpc) is 3.21. The first kappa shape index (κ1) is 14.0. The normalized spacial score (nSPS) is 14.5. The van der Waals surface area contributed by atoms with E-state index in [2.05, 4.69) is 5.32 Å². The molecule has 1 aliphatic carbocycles. The van der Waals surface area contributed by atoms with Crippen LogP contribution in [0.1, 0.15) is 18.4 Å². The van der Waals surface area contributed by atoms with Crippen molar-refractivity contribution >= 4 is 29.3 Å². The Bertz CT molecular complexity index is 645. The highest BCUT2D eigenvalue weighted by Crippen LogP contribution is 2.25. The van der Waals surface area contributed by atoms with Crippen LogP contribution in [0.4, 0.5) is 5.69 Å². The molecule has 0 spiro atoms.